The number of nitrogens with one attached hydrogen (secondary N) is 1. The molecule has 106 valence electrons. The highest BCUT2D eigenvalue weighted by atomic mass is 19.1. The topological polar surface area (TPSA) is 68.8 Å². The predicted molar refractivity (Wildman–Crippen MR) is 76.9 cm³/mol. The number of nitrogens with zero attached hydrogens (tertiary/aromatic N) is 3. The third-order valence-electron chi connectivity index (χ3n) is 3.21. The van der Waals surface area contributed by atoms with E-state index in [1.165, 1.54) is 6.20 Å². The molecule has 0 bridgehead atoms. The lowest BCUT2D eigenvalue weighted by atomic mass is 10.1. The van der Waals surface area contributed by atoms with Crippen LogP contribution in [0.5, 0.6) is 0 Å². The summed E-state index contributed by atoms with van der Waals surface area (Å²) in [5, 5.41) is 4.46. The van der Waals surface area contributed by atoms with Gasteiger partial charge >= 0.3 is 0 Å². The van der Waals surface area contributed by atoms with Crippen molar-refractivity contribution in [2.24, 2.45) is 5.84 Å². The summed E-state index contributed by atoms with van der Waals surface area (Å²) in [6.45, 7) is 0. The van der Waals surface area contributed by atoms with E-state index in [0.717, 1.165) is 11.9 Å². The van der Waals surface area contributed by atoms with Crippen molar-refractivity contribution >= 4 is 0 Å². The van der Waals surface area contributed by atoms with E-state index >= 15 is 0 Å². The summed E-state index contributed by atoms with van der Waals surface area (Å²) in [5.41, 5.74) is 4.56. The van der Waals surface area contributed by atoms with Gasteiger partial charge in [0.2, 0.25) is 0 Å². The number of hydrogen-bond acceptors (Lipinski definition) is 4. The minimum absolute atomic E-state index is 0.408. The highest BCUT2D eigenvalue weighted by Gasteiger charge is 2.19. The van der Waals surface area contributed by atoms with Gasteiger partial charge < -0.3 is 0 Å². The van der Waals surface area contributed by atoms with Gasteiger partial charge in [0.25, 0.3) is 0 Å². The Morgan fingerprint density at radius 1 is 1.14 bits per heavy atom. The van der Waals surface area contributed by atoms with E-state index in [4.69, 9.17) is 5.84 Å². The normalized spacial score (nSPS) is 12.3. The highest BCUT2D eigenvalue weighted by molar-refractivity contribution is 5.32. The minimum Gasteiger partial charge on any atom is -0.271 e. The Morgan fingerprint density at radius 2 is 1.95 bits per heavy atom. The number of rotatable bonds is 4. The molecule has 0 amide bonds. The van der Waals surface area contributed by atoms with Crippen LogP contribution in [-0.2, 0) is 0 Å². The zero-order valence-electron chi connectivity index (χ0n) is 11.1. The van der Waals surface area contributed by atoms with Crippen LogP contribution in [0.25, 0.3) is 5.69 Å². The molecule has 1 atom stereocenters. The summed E-state index contributed by atoms with van der Waals surface area (Å²) in [7, 11) is 0. The van der Waals surface area contributed by atoms with Crippen LogP contribution >= 0.6 is 0 Å². The van der Waals surface area contributed by atoms with Crippen LogP contribution in [0.2, 0.25) is 0 Å². The van der Waals surface area contributed by atoms with E-state index in [1.54, 1.807) is 16.8 Å². The maximum atomic E-state index is 13.8. The monoisotopic (exact) mass is 283 g/mol. The van der Waals surface area contributed by atoms with Gasteiger partial charge in [-0.1, -0.05) is 18.2 Å². The molecule has 0 fully saturated rings. The zero-order chi connectivity index (χ0) is 14.7. The third kappa shape index (κ3) is 2.67. The molecule has 0 saturated carbocycles. The average Bonchev–Trinajstić information content (AvgIpc) is 3.00. The van der Waals surface area contributed by atoms with E-state index in [2.05, 4.69) is 15.5 Å². The van der Waals surface area contributed by atoms with Crippen LogP contribution in [-0.4, -0.2) is 14.8 Å². The number of pyridine rings is 1. The Hall–Kier alpha value is -2.57. The maximum Gasteiger partial charge on any atom is 0.146 e. The molecule has 1 aromatic carbocycles. The SMILES string of the molecule is NNC(c1ccn(-c2ccccc2)n1)c1ccncc1F. The number of hydrogen-bond donors (Lipinski definition) is 2. The van der Waals surface area contributed by atoms with Gasteiger partial charge in [-0.15, -0.1) is 0 Å². The molecule has 6 heteroatoms. The molecular weight excluding hydrogens is 269 g/mol. The molecule has 0 radical (unpaired) electrons. The van der Waals surface area contributed by atoms with Crippen molar-refractivity contribution in [1.82, 2.24) is 20.2 Å². The number of benzene rings is 1. The fraction of sp³-hybridized carbons (Fsp3) is 0.0667. The van der Waals surface area contributed by atoms with Gasteiger partial charge in [-0.05, 0) is 24.3 Å². The van der Waals surface area contributed by atoms with Crippen molar-refractivity contribution in [2.45, 2.75) is 6.04 Å². The van der Waals surface area contributed by atoms with Gasteiger partial charge in [0.05, 0.1) is 23.6 Å². The molecular formula is C15H14FN5. The first-order valence-electron chi connectivity index (χ1n) is 6.46. The van der Waals surface area contributed by atoms with E-state index in [1.807, 2.05) is 36.5 Å². The first kappa shape index (κ1) is 13.4. The average molecular weight is 283 g/mol. The molecule has 5 nitrogen and oxygen atoms in total. The van der Waals surface area contributed by atoms with Crippen molar-refractivity contribution in [3.8, 4) is 5.69 Å². The van der Waals surface area contributed by atoms with Crippen LogP contribution in [0.3, 0.4) is 0 Å². The van der Waals surface area contributed by atoms with Crippen LogP contribution in [0.15, 0.2) is 61.1 Å². The maximum absolute atomic E-state index is 13.8. The van der Waals surface area contributed by atoms with Gasteiger partial charge in [-0.25, -0.2) is 14.5 Å². The second-order valence-corrected chi connectivity index (χ2v) is 4.52. The number of para-hydroxylation sites is 1. The van der Waals surface area contributed by atoms with E-state index < -0.39 is 11.9 Å². The van der Waals surface area contributed by atoms with Crippen LogP contribution in [0, 0.1) is 5.82 Å². The van der Waals surface area contributed by atoms with Crippen molar-refractivity contribution in [3.05, 3.63) is 78.1 Å². The Bertz CT molecular complexity index is 726. The van der Waals surface area contributed by atoms with Gasteiger partial charge in [-0.3, -0.25) is 10.8 Å². The van der Waals surface area contributed by atoms with Gasteiger partial charge in [-0.2, -0.15) is 5.10 Å². The molecule has 0 aliphatic rings. The second-order valence-electron chi connectivity index (χ2n) is 4.52. The zero-order valence-corrected chi connectivity index (χ0v) is 11.1. The van der Waals surface area contributed by atoms with Crippen molar-refractivity contribution in [3.63, 3.8) is 0 Å². The summed E-state index contributed by atoms with van der Waals surface area (Å²) < 4.78 is 15.6. The van der Waals surface area contributed by atoms with Crippen LogP contribution in [0.1, 0.15) is 17.3 Å². The molecule has 21 heavy (non-hydrogen) atoms. The summed E-state index contributed by atoms with van der Waals surface area (Å²) in [4.78, 5) is 3.74. The molecule has 0 aliphatic heterocycles. The standard InChI is InChI=1S/C15H14FN5/c16-13-10-18-8-6-12(13)15(19-17)14-7-9-21(20-14)11-4-2-1-3-5-11/h1-10,15,19H,17H2. The number of halogens is 1. The van der Waals surface area contributed by atoms with Gasteiger partial charge in [0.15, 0.2) is 0 Å². The van der Waals surface area contributed by atoms with E-state index in [9.17, 15) is 4.39 Å². The Labute approximate surface area is 121 Å². The molecule has 2 aromatic heterocycles. The Balaban J connectivity index is 1.96. The lowest BCUT2D eigenvalue weighted by Crippen LogP contribution is -2.30. The predicted octanol–water partition coefficient (Wildman–Crippen LogP) is 1.96. The first-order valence-corrected chi connectivity index (χ1v) is 6.46. The van der Waals surface area contributed by atoms with Crippen LogP contribution < -0.4 is 11.3 Å². The Kier molecular flexibility index (Phi) is 3.72. The molecule has 1 unspecified atom stereocenters. The first-order chi connectivity index (χ1) is 10.3. The molecule has 0 saturated heterocycles. The summed E-state index contributed by atoms with van der Waals surface area (Å²) >= 11 is 0. The molecule has 3 N–H and O–H groups in total. The number of nitrogens with two attached hydrogens (primary N) is 1. The summed E-state index contributed by atoms with van der Waals surface area (Å²) in [5.74, 6) is 5.15. The number of hydrazine groups is 1. The van der Waals surface area contributed by atoms with Crippen molar-refractivity contribution in [1.29, 1.82) is 0 Å². The minimum atomic E-state index is -0.530. The summed E-state index contributed by atoms with van der Waals surface area (Å²) in [6, 6.07) is 12.5. The Morgan fingerprint density at radius 3 is 2.67 bits per heavy atom. The molecule has 0 aliphatic carbocycles. The fourth-order valence-corrected chi connectivity index (χ4v) is 2.17. The quantitative estimate of drug-likeness (QED) is 0.567. The number of aromatic nitrogens is 3. The second kappa shape index (κ2) is 5.82. The smallest absolute Gasteiger partial charge is 0.146 e. The third-order valence-corrected chi connectivity index (χ3v) is 3.21. The largest absolute Gasteiger partial charge is 0.271 e. The molecule has 3 aromatic rings. The lowest BCUT2D eigenvalue weighted by Gasteiger charge is -2.14. The van der Waals surface area contributed by atoms with Crippen molar-refractivity contribution < 1.29 is 4.39 Å². The molecule has 0 spiro atoms. The molecule has 3 rings (SSSR count). The van der Waals surface area contributed by atoms with Crippen LogP contribution in [0.4, 0.5) is 4.39 Å². The lowest BCUT2D eigenvalue weighted by molar-refractivity contribution is 0.546. The molecule has 2 heterocycles. The van der Waals surface area contributed by atoms with Gasteiger partial charge in [0.1, 0.15) is 5.82 Å². The highest BCUT2D eigenvalue weighted by Crippen LogP contribution is 2.22. The van der Waals surface area contributed by atoms with E-state index in [0.29, 0.717) is 11.3 Å². The van der Waals surface area contributed by atoms with Gasteiger partial charge in [0, 0.05) is 18.0 Å². The van der Waals surface area contributed by atoms with E-state index in [-0.39, 0.29) is 0 Å². The fourth-order valence-electron chi connectivity index (χ4n) is 2.17. The summed E-state index contributed by atoms with van der Waals surface area (Å²) in [6.07, 6.45) is 4.50. The van der Waals surface area contributed by atoms with Crippen molar-refractivity contribution in [2.75, 3.05) is 0 Å².